The first-order valence-electron chi connectivity index (χ1n) is 5.76. The Kier molecular flexibility index (Phi) is 3.53. The van der Waals surface area contributed by atoms with Crippen LogP contribution in [0.15, 0.2) is 29.3 Å². The zero-order valence-corrected chi connectivity index (χ0v) is 10.4. The van der Waals surface area contributed by atoms with Gasteiger partial charge in [0.25, 0.3) is 5.91 Å². The molecule has 0 bridgehead atoms. The third kappa shape index (κ3) is 2.31. The van der Waals surface area contributed by atoms with E-state index in [4.69, 9.17) is 0 Å². The minimum Gasteiger partial charge on any atom is -0.313 e. The van der Waals surface area contributed by atoms with E-state index in [0.29, 0.717) is 17.9 Å². The molecule has 5 nitrogen and oxygen atoms in total. The minimum absolute atomic E-state index is 0.311. The topological polar surface area (TPSA) is 70.6 Å². The second kappa shape index (κ2) is 5.10. The zero-order valence-electron chi connectivity index (χ0n) is 10.4. The molecule has 1 aliphatic rings. The Labute approximate surface area is 105 Å². The number of nitrogens with one attached hydrogen (secondary N) is 2. The molecule has 1 atom stereocenters. The molecule has 0 aliphatic carbocycles. The molecule has 5 heteroatoms. The van der Waals surface area contributed by atoms with E-state index in [0.717, 1.165) is 5.56 Å². The number of hydrogen-bond acceptors (Lipinski definition) is 3. The van der Waals surface area contributed by atoms with Crippen molar-refractivity contribution in [2.45, 2.75) is 12.8 Å². The van der Waals surface area contributed by atoms with Crippen LogP contribution in [0, 0.1) is 6.92 Å². The first-order chi connectivity index (χ1) is 8.63. The average Bonchev–Trinajstić information content (AvgIpc) is 2.31. The number of amidine groups is 1. The predicted octanol–water partition coefficient (Wildman–Crippen LogP) is 0.353. The summed E-state index contributed by atoms with van der Waals surface area (Å²) in [6.07, 6.45) is 0. The van der Waals surface area contributed by atoms with E-state index in [1.54, 1.807) is 13.1 Å². The number of rotatable bonds is 3. The molecule has 0 fully saturated rings. The molecule has 2 rings (SSSR count). The molecule has 18 heavy (non-hydrogen) atoms. The molecule has 0 aromatic heterocycles. The van der Waals surface area contributed by atoms with Crippen molar-refractivity contribution in [3.05, 3.63) is 35.4 Å². The molecule has 1 unspecified atom stereocenters. The van der Waals surface area contributed by atoms with Crippen LogP contribution in [0.4, 0.5) is 0 Å². The van der Waals surface area contributed by atoms with Crippen LogP contribution in [0.2, 0.25) is 0 Å². The largest absolute Gasteiger partial charge is 0.313 e. The highest BCUT2D eigenvalue weighted by molar-refractivity contribution is 6.19. The summed E-state index contributed by atoms with van der Waals surface area (Å²) in [7, 11) is 1.73. The lowest BCUT2D eigenvalue weighted by molar-refractivity contribution is -0.129. The number of aliphatic imine (C=N–C) groups is 1. The van der Waals surface area contributed by atoms with E-state index >= 15 is 0 Å². The molecule has 2 N–H and O–H groups in total. The molecule has 0 saturated carbocycles. The van der Waals surface area contributed by atoms with Crippen LogP contribution in [0.3, 0.4) is 0 Å². The van der Waals surface area contributed by atoms with Crippen LogP contribution in [0.1, 0.15) is 17.0 Å². The number of amides is 2. The minimum atomic E-state index is -0.827. The number of aryl methyl sites for hydroxylation is 1. The first kappa shape index (κ1) is 12.4. The number of hydrogen-bond donors (Lipinski definition) is 2. The van der Waals surface area contributed by atoms with Crippen molar-refractivity contribution >= 4 is 17.6 Å². The van der Waals surface area contributed by atoms with Crippen molar-refractivity contribution in [3.8, 4) is 0 Å². The van der Waals surface area contributed by atoms with Gasteiger partial charge in [0.2, 0.25) is 5.91 Å². The highest BCUT2D eigenvalue weighted by Crippen LogP contribution is 2.23. The van der Waals surface area contributed by atoms with Gasteiger partial charge in [-0.3, -0.25) is 9.59 Å². The van der Waals surface area contributed by atoms with Gasteiger partial charge in [-0.25, -0.2) is 0 Å². The van der Waals surface area contributed by atoms with E-state index in [1.807, 2.05) is 25.1 Å². The monoisotopic (exact) mass is 245 g/mol. The van der Waals surface area contributed by atoms with Gasteiger partial charge >= 0.3 is 0 Å². The number of carbonyl (C=O) groups is 2. The van der Waals surface area contributed by atoms with E-state index in [1.165, 1.54) is 0 Å². The van der Waals surface area contributed by atoms with Gasteiger partial charge in [0, 0.05) is 0 Å². The van der Waals surface area contributed by atoms with Crippen molar-refractivity contribution < 1.29 is 9.59 Å². The molecular weight excluding hydrogens is 230 g/mol. The van der Waals surface area contributed by atoms with Crippen LogP contribution in [-0.2, 0) is 9.59 Å². The van der Waals surface area contributed by atoms with Crippen LogP contribution in [-0.4, -0.2) is 31.2 Å². The van der Waals surface area contributed by atoms with E-state index in [-0.39, 0.29) is 5.91 Å². The fraction of sp³-hybridized carbons (Fsp3) is 0.308. The number of benzene rings is 1. The molecule has 1 aromatic rings. The van der Waals surface area contributed by atoms with Gasteiger partial charge in [-0.2, -0.15) is 4.99 Å². The highest BCUT2D eigenvalue weighted by atomic mass is 16.2. The molecule has 94 valence electrons. The van der Waals surface area contributed by atoms with Gasteiger partial charge in [-0.1, -0.05) is 24.3 Å². The summed E-state index contributed by atoms with van der Waals surface area (Å²) < 4.78 is 0. The zero-order chi connectivity index (χ0) is 13.1. The van der Waals surface area contributed by atoms with E-state index in [2.05, 4.69) is 15.6 Å². The van der Waals surface area contributed by atoms with Gasteiger partial charge < -0.3 is 10.6 Å². The highest BCUT2D eigenvalue weighted by Gasteiger charge is 2.33. The Bertz CT molecular complexity index is 523. The molecule has 0 radical (unpaired) electrons. The molecule has 1 aliphatic heterocycles. The number of carbonyl (C=O) groups excluding carboxylic acids is 2. The normalized spacial score (nSPS) is 19.4. The summed E-state index contributed by atoms with van der Waals surface area (Å²) in [5.74, 6) is -1.17. The Hall–Kier alpha value is -2.01. The Balaban J connectivity index is 2.34. The predicted molar refractivity (Wildman–Crippen MR) is 68.4 cm³/mol. The SMILES string of the molecule is CNCC1=NC(=O)C(c2ccccc2C)C(=O)N1. The van der Waals surface area contributed by atoms with Gasteiger partial charge in [0.15, 0.2) is 0 Å². The van der Waals surface area contributed by atoms with Crippen LogP contribution in [0.5, 0.6) is 0 Å². The second-order valence-corrected chi connectivity index (χ2v) is 4.21. The standard InChI is InChI=1S/C13H15N3O2/c1-8-5-3-4-6-9(8)11-12(17)15-10(7-14-2)16-13(11)18/h3-6,11,14H,7H2,1-2H3,(H,15,16,17,18). The molecule has 2 amide bonds. The summed E-state index contributed by atoms with van der Waals surface area (Å²) in [4.78, 5) is 27.9. The van der Waals surface area contributed by atoms with Crippen molar-refractivity contribution in [3.63, 3.8) is 0 Å². The van der Waals surface area contributed by atoms with Gasteiger partial charge in [-0.15, -0.1) is 0 Å². The average molecular weight is 245 g/mol. The van der Waals surface area contributed by atoms with Gasteiger partial charge in [-0.05, 0) is 25.1 Å². The lowest BCUT2D eigenvalue weighted by Crippen LogP contribution is -2.46. The van der Waals surface area contributed by atoms with Crippen molar-refractivity contribution in [1.29, 1.82) is 0 Å². The lowest BCUT2D eigenvalue weighted by Gasteiger charge is -2.21. The fourth-order valence-electron chi connectivity index (χ4n) is 1.99. The van der Waals surface area contributed by atoms with Crippen molar-refractivity contribution in [2.24, 2.45) is 4.99 Å². The van der Waals surface area contributed by atoms with Crippen LogP contribution < -0.4 is 10.6 Å². The maximum Gasteiger partial charge on any atom is 0.264 e. The molecule has 1 heterocycles. The van der Waals surface area contributed by atoms with Crippen LogP contribution >= 0.6 is 0 Å². The van der Waals surface area contributed by atoms with Gasteiger partial charge in [0.1, 0.15) is 11.8 Å². The first-order valence-corrected chi connectivity index (χ1v) is 5.76. The molecule has 0 spiro atoms. The van der Waals surface area contributed by atoms with Crippen molar-refractivity contribution in [2.75, 3.05) is 13.6 Å². The smallest absolute Gasteiger partial charge is 0.264 e. The maximum atomic E-state index is 12.0. The lowest BCUT2D eigenvalue weighted by atomic mass is 9.92. The second-order valence-electron chi connectivity index (χ2n) is 4.21. The number of likely N-dealkylation sites (N-methyl/N-ethyl adjacent to an activating group) is 1. The third-order valence-electron chi connectivity index (χ3n) is 2.87. The summed E-state index contributed by atoms with van der Waals surface area (Å²) in [5, 5.41) is 5.50. The van der Waals surface area contributed by atoms with Gasteiger partial charge in [0.05, 0.1) is 6.54 Å². The van der Waals surface area contributed by atoms with Crippen molar-refractivity contribution in [1.82, 2.24) is 10.6 Å². The fourth-order valence-corrected chi connectivity index (χ4v) is 1.99. The Morgan fingerprint density at radius 1 is 1.33 bits per heavy atom. The molecule has 1 aromatic carbocycles. The summed E-state index contributed by atoms with van der Waals surface area (Å²) in [6, 6.07) is 7.36. The number of nitrogens with zero attached hydrogens (tertiary/aromatic N) is 1. The Morgan fingerprint density at radius 3 is 2.67 bits per heavy atom. The van der Waals surface area contributed by atoms with Crippen LogP contribution in [0.25, 0.3) is 0 Å². The quantitative estimate of drug-likeness (QED) is 0.755. The Morgan fingerprint density at radius 2 is 2.06 bits per heavy atom. The summed E-state index contributed by atoms with van der Waals surface area (Å²) in [6.45, 7) is 2.25. The summed E-state index contributed by atoms with van der Waals surface area (Å²) >= 11 is 0. The third-order valence-corrected chi connectivity index (χ3v) is 2.87. The molecule has 0 saturated heterocycles. The maximum absolute atomic E-state index is 12.0. The summed E-state index contributed by atoms with van der Waals surface area (Å²) in [5.41, 5.74) is 1.63. The molecular formula is C13H15N3O2. The van der Waals surface area contributed by atoms with E-state index < -0.39 is 11.8 Å². The van der Waals surface area contributed by atoms with E-state index in [9.17, 15) is 9.59 Å².